The number of hydrogen-bond donors (Lipinski definition) is 0. The van der Waals surface area contributed by atoms with Gasteiger partial charge < -0.3 is 9.47 Å². The van der Waals surface area contributed by atoms with Crippen molar-refractivity contribution in [1.29, 1.82) is 0 Å². The second-order valence-electron chi connectivity index (χ2n) is 9.52. The van der Waals surface area contributed by atoms with E-state index < -0.39 is 77.4 Å². The van der Waals surface area contributed by atoms with E-state index in [1.807, 2.05) is 0 Å². The van der Waals surface area contributed by atoms with Crippen molar-refractivity contribution in [2.75, 3.05) is 13.2 Å². The van der Waals surface area contributed by atoms with E-state index in [2.05, 4.69) is 19.9 Å². The third kappa shape index (κ3) is 7.87. The van der Waals surface area contributed by atoms with Gasteiger partial charge in [-0.3, -0.25) is 9.97 Å². The molecule has 0 aliphatic rings. The van der Waals surface area contributed by atoms with Crippen LogP contribution in [-0.4, -0.2) is 45.5 Å². The third-order valence-electron chi connectivity index (χ3n) is 5.86. The van der Waals surface area contributed by atoms with Gasteiger partial charge in [-0.2, -0.15) is 53.9 Å². The van der Waals surface area contributed by atoms with Crippen LogP contribution in [0.5, 0.6) is 11.5 Å². The molecule has 228 valence electrons. The molecular formula is C27H18F10N4O2. The largest absolute Gasteiger partial charge is 0.484 e. The molecule has 43 heavy (non-hydrogen) atoms. The predicted octanol–water partition coefficient (Wildman–Crippen LogP) is 7.37. The van der Waals surface area contributed by atoms with E-state index in [1.165, 1.54) is 13.8 Å². The molecular weight excluding hydrogens is 602 g/mol. The molecule has 4 rings (SSSR count). The minimum atomic E-state index is -4.77. The molecule has 0 amide bonds. The summed E-state index contributed by atoms with van der Waals surface area (Å²) in [6.45, 7) is -0.684. The fourth-order valence-electron chi connectivity index (χ4n) is 3.76. The van der Waals surface area contributed by atoms with E-state index in [4.69, 9.17) is 9.47 Å². The maximum Gasteiger partial charge on any atom is 0.422 e. The molecule has 0 saturated heterocycles. The zero-order chi connectivity index (χ0) is 31.7. The van der Waals surface area contributed by atoms with Gasteiger partial charge in [0.15, 0.2) is 13.2 Å². The molecule has 0 bridgehead atoms. The number of nitrogens with zero attached hydrogens (tertiary/aromatic N) is 4. The Morgan fingerprint density at radius 2 is 0.930 bits per heavy atom. The average Bonchev–Trinajstić information content (AvgIpc) is 2.89. The minimum Gasteiger partial charge on any atom is -0.484 e. The predicted molar refractivity (Wildman–Crippen MR) is 130 cm³/mol. The fourth-order valence-corrected chi connectivity index (χ4v) is 3.76. The Labute approximate surface area is 236 Å². The van der Waals surface area contributed by atoms with E-state index in [9.17, 15) is 43.9 Å². The molecule has 0 aliphatic heterocycles. The number of halogens is 10. The van der Waals surface area contributed by atoms with Crippen molar-refractivity contribution in [3.8, 4) is 34.0 Å². The van der Waals surface area contributed by atoms with Crippen molar-refractivity contribution in [3.05, 3.63) is 83.7 Å². The molecule has 0 aliphatic carbocycles. The number of pyridine rings is 4. The van der Waals surface area contributed by atoms with Crippen molar-refractivity contribution in [3.63, 3.8) is 0 Å². The van der Waals surface area contributed by atoms with Gasteiger partial charge in [0.25, 0.3) is 0 Å². The first-order chi connectivity index (χ1) is 19.9. The lowest BCUT2D eigenvalue weighted by molar-refractivity contribution is -0.154. The van der Waals surface area contributed by atoms with Crippen LogP contribution in [0.15, 0.2) is 48.5 Å². The zero-order valence-corrected chi connectivity index (χ0v) is 21.9. The third-order valence-corrected chi connectivity index (χ3v) is 5.86. The molecule has 0 saturated carbocycles. The van der Waals surface area contributed by atoms with Crippen molar-refractivity contribution < 1.29 is 53.4 Å². The molecule has 4 heterocycles. The van der Waals surface area contributed by atoms with Crippen LogP contribution < -0.4 is 9.47 Å². The van der Waals surface area contributed by atoms with Crippen LogP contribution in [0.4, 0.5) is 43.9 Å². The summed E-state index contributed by atoms with van der Waals surface area (Å²) in [5.41, 5.74) is -3.30. The van der Waals surface area contributed by atoms with Crippen LogP contribution >= 0.6 is 0 Å². The van der Waals surface area contributed by atoms with Crippen molar-refractivity contribution in [1.82, 2.24) is 19.9 Å². The first-order valence-corrected chi connectivity index (χ1v) is 12.0. The Hall–Kier alpha value is -4.50. The molecule has 0 N–H and O–H groups in total. The molecule has 0 aromatic carbocycles. The Bertz CT molecular complexity index is 1520. The Balaban J connectivity index is 1.89. The quantitative estimate of drug-likeness (QED) is 0.151. The molecule has 4 aromatic rings. The number of hydrogen-bond acceptors (Lipinski definition) is 6. The molecule has 0 radical (unpaired) electrons. The smallest absolute Gasteiger partial charge is 0.422 e. The fraction of sp³-hybridized carbons (Fsp3) is 0.259. The van der Waals surface area contributed by atoms with Gasteiger partial charge in [0.1, 0.15) is 11.5 Å². The highest BCUT2D eigenvalue weighted by Crippen LogP contribution is 2.37. The average molecular weight is 620 g/mol. The van der Waals surface area contributed by atoms with Gasteiger partial charge in [-0.05, 0) is 38.1 Å². The molecule has 0 fully saturated rings. The minimum absolute atomic E-state index is 0.143. The molecule has 16 heteroatoms. The monoisotopic (exact) mass is 620 g/mol. The SMILES string of the molecule is CC(C)(c1cc(OCC(F)(F)F)cc(-c2ccc(F)nc2F)n1)c1cc(OCC(F)(F)F)cc(-c2ccc(F)nc2F)n1. The van der Waals surface area contributed by atoms with Crippen LogP contribution in [0.2, 0.25) is 0 Å². The second kappa shape index (κ2) is 11.6. The van der Waals surface area contributed by atoms with E-state index in [0.717, 1.165) is 48.5 Å². The molecule has 0 spiro atoms. The van der Waals surface area contributed by atoms with Gasteiger partial charge in [0, 0.05) is 29.7 Å². The van der Waals surface area contributed by atoms with Gasteiger partial charge in [0.05, 0.1) is 33.9 Å². The van der Waals surface area contributed by atoms with Crippen LogP contribution in [0.25, 0.3) is 22.5 Å². The summed E-state index contributed by atoms with van der Waals surface area (Å²) >= 11 is 0. The van der Waals surface area contributed by atoms with Gasteiger partial charge >= 0.3 is 12.4 Å². The van der Waals surface area contributed by atoms with Gasteiger partial charge in [-0.1, -0.05) is 0 Å². The van der Waals surface area contributed by atoms with E-state index in [0.29, 0.717) is 0 Å². The summed E-state index contributed by atoms with van der Waals surface area (Å²) in [6.07, 6.45) is -9.54. The van der Waals surface area contributed by atoms with Crippen molar-refractivity contribution in [2.45, 2.75) is 31.6 Å². The highest BCUT2D eigenvalue weighted by atomic mass is 19.4. The van der Waals surface area contributed by atoms with E-state index >= 15 is 0 Å². The van der Waals surface area contributed by atoms with Crippen LogP contribution in [0.3, 0.4) is 0 Å². The maximum atomic E-state index is 14.5. The molecule has 0 unspecified atom stereocenters. The Morgan fingerprint density at radius 1 is 0.558 bits per heavy atom. The number of rotatable bonds is 8. The summed E-state index contributed by atoms with van der Waals surface area (Å²) in [7, 11) is 0. The van der Waals surface area contributed by atoms with Crippen molar-refractivity contribution >= 4 is 0 Å². The summed E-state index contributed by atoms with van der Waals surface area (Å²) in [4.78, 5) is 14.6. The summed E-state index contributed by atoms with van der Waals surface area (Å²) in [5, 5.41) is 0. The lowest BCUT2D eigenvalue weighted by Crippen LogP contribution is -2.24. The van der Waals surface area contributed by atoms with Gasteiger partial charge in [-0.25, -0.2) is 0 Å². The Morgan fingerprint density at radius 3 is 1.26 bits per heavy atom. The lowest BCUT2D eigenvalue weighted by Gasteiger charge is -2.26. The number of ether oxygens (including phenoxy) is 2. The Kier molecular flexibility index (Phi) is 8.51. The summed E-state index contributed by atoms with van der Waals surface area (Å²) in [5.74, 6) is -5.94. The summed E-state index contributed by atoms with van der Waals surface area (Å²) < 4.78 is 143. The van der Waals surface area contributed by atoms with Crippen LogP contribution in [0, 0.1) is 23.8 Å². The maximum absolute atomic E-state index is 14.5. The van der Waals surface area contributed by atoms with Crippen molar-refractivity contribution in [2.24, 2.45) is 0 Å². The second-order valence-corrected chi connectivity index (χ2v) is 9.52. The van der Waals surface area contributed by atoms with Crippen LogP contribution in [0.1, 0.15) is 25.2 Å². The standard InChI is InChI=1S/C27H18F10N4O2/c1-25(2,19-9-13(42-11-26(32,33)34)7-17(38-19)15-3-5-21(28)40-23(15)30)20-10-14(43-12-27(35,36)37)8-18(39-20)16-4-6-22(29)41-24(16)31/h3-10H,11-12H2,1-2H3. The topological polar surface area (TPSA) is 70.0 Å². The highest BCUT2D eigenvalue weighted by molar-refractivity contribution is 5.63. The lowest BCUT2D eigenvalue weighted by atomic mass is 9.84. The van der Waals surface area contributed by atoms with E-state index in [1.54, 1.807) is 0 Å². The van der Waals surface area contributed by atoms with Crippen LogP contribution in [-0.2, 0) is 5.41 Å². The molecule has 0 atom stereocenters. The zero-order valence-electron chi connectivity index (χ0n) is 21.9. The van der Waals surface area contributed by atoms with E-state index in [-0.39, 0.29) is 22.8 Å². The van der Waals surface area contributed by atoms with Gasteiger partial charge in [-0.15, -0.1) is 0 Å². The first-order valence-electron chi connectivity index (χ1n) is 12.0. The number of aromatic nitrogens is 4. The summed E-state index contributed by atoms with van der Waals surface area (Å²) in [6, 6.07) is 7.45. The normalized spacial score (nSPS) is 12.4. The highest BCUT2D eigenvalue weighted by Gasteiger charge is 2.33. The first kappa shape index (κ1) is 31.4. The molecule has 6 nitrogen and oxygen atoms in total. The number of alkyl halides is 6. The molecule has 4 aromatic heterocycles. The van der Waals surface area contributed by atoms with Gasteiger partial charge in [0.2, 0.25) is 23.8 Å².